The van der Waals surface area contributed by atoms with Crippen molar-refractivity contribution >= 4 is 5.91 Å². The number of carbonyl (C=O) groups is 1. The smallest absolute Gasteiger partial charge is 0.287 e. The topological polar surface area (TPSA) is 86.7 Å². The van der Waals surface area contributed by atoms with Gasteiger partial charge in [0.2, 0.25) is 6.79 Å². The minimum absolute atomic E-state index is 0.234. The first-order valence-corrected chi connectivity index (χ1v) is 6.65. The highest BCUT2D eigenvalue weighted by atomic mass is 16.7. The van der Waals surface area contributed by atoms with E-state index in [1.165, 1.54) is 0 Å². The van der Waals surface area contributed by atoms with Crippen molar-refractivity contribution in [1.29, 1.82) is 0 Å². The van der Waals surface area contributed by atoms with Gasteiger partial charge in [-0.25, -0.2) is 0 Å². The number of amides is 1. The Labute approximate surface area is 121 Å². The average Bonchev–Trinajstić information content (AvgIpc) is 3.12. The van der Waals surface area contributed by atoms with Crippen molar-refractivity contribution in [3.05, 3.63) is 47.4 Å². The third kappa shape index (κ3) is 2.85. The van der Waals surface area contributed by atoms with E-state index in [1.54, 1.807) is 19.1 Å². The number of ether oxygens (including phenoxy) is 2. The summed E-state index contributed by atoms with van der Waals surface area (Å²) in [6, 6.07) is 8.64. The first-order valence-electron chi connectivity index (χ1n) is 6.65. The third-order valence-electron chi connectivity index (χ3n) is 3.19. The summed E-state index contributed by atoms with van der Waals surface area (Å²) in [6.45, 7) is 2.41. The molecule has 6 nitrogen and oxygen atoms in total. The number of rotatable bonds is 4. The molecule has 1 aromatic carbocycles. The van der Waals surface area contributed by atoms with E-state index in [0.717, 1.165) is 11.3 Å². The molecule has 1 aliphatic heterocycles. The van der Waals surface area contributed by atoms with Crippen LogP contribution in [0.15, 0.2) is 34.7 Å². The van der Waals surface area contributed by atoms with Crippen LogP contribution in [0.25, 0.3) is 0 Å². The van der Waals surface area contributed by atoms with Crippen LogP contribution in [-0.4, -0.2) is 12.7 Å². The molecule has 1 aromatic heterocycles. The molecule has 21 heavy (non-hydrogen) atoms. The van der Waals surface area contributed by atoms with Crippen LogP contribution in [0.5, 0.6) is 11.5 Å². The van der Waals surface area contributed by atoms with Crippen molar-refractivity contribution in [3.63, 3.8) is 0 Å². The van der Waals surface area contributed by atoms with Gasteiger partial charge in [0, 0.05) is 6.54 Å². The molecule has 0 aliphatic carbocycles. The number of benzene rings is 1. The fraction of sp³-hybridized carbons (Fsp3) is 0.267. The number of nitrogens with two attached hydrogens (primary N) is 1. The van der Waals surface area contributed by atoms with E-state index in [-0.39, 0.29) is 24.5 Å². The lowest BCUT2D eigenvalue weighted by Crippen LogP contribution is -2.22. The molecule has 1 amide bonds. The van der Waals surface area contributed by atoms with Gasteiger partial charge in [0.25, 0.3) is 5.91 Å². The lowest BCUT2D eigenvalue weighted by atomic mass is 10.2. The highest BCUT2D eigenvalue weighted by molar-refractivity contribution is 5.91. The molecule has 1 unspecified atom stereocenters. The van der Waals surface area contributed by atoms with E-state index >= 15 is 0 Å². The van der Waals surface area contributed by atoms with Gasteiger partial charge in [0.15, 0.2) is 17.3 Å². The maximum atomic E-state index is 12.0. The standard InChI is InChI=1S/C15H16N2O4/c1-9(16)11-4-5-13(21-11)15(18)17-7-10-2-3-12-14(6-10)20-8-19-12/h2-6,9H,7-8,16H2,1H3,(H,17,18). The molecule has 1 atom stereocenters. The van der Waals surface area contributed by atoms with Crippen LogP contribution < -0.4 is 20.5 Å². The molecule has 2 aromatic rings. The number of hydrogen-bond acceptors (Lipinski definition) is 5. The van der Waals surface area contributed by atoms with Crippen molar-refractivity contribution in [3.8, 4) is 11.5 Å². The first-order chi connectivity index (χ1) is 10.1. The minimum atomic E-state index is -0.278. The summed E-state index contributed by atoms with van der Waals surface area (Å²) in [5, 5.41) is 2.79. The zero-order valence-electron chi connectivity index (χ0n) is 11.6. The Morgan fingerprint density at radius 3 is 2.86 bits per heavy atom. The van der Waals surface area contributed by atoms with Crippen LogP contribution in [0.3, 0.4) is 0 Å². The lowest BCUT2D eigenvalue weighted by molar-refractivity contribution is 0.0921. The molecular weight excluding hydrogens is 272 g/mol. The summed E-state index contributed by atoms with van der Waals surface area (Å²) < 4.78 is 15.9. The van der Waals surface area contributed by atoms with Crippen LogP contribution in [0.2, 0.25) is 0 Å². The summed E-state index contributed by atoms with van der Waals surface area (Å²) in [6.07, 6.45) is 0. The average molecular weight is 288 g/mol. The zero-order valence-corrected chi connectivity index (χ0v) is 11.6. The molecule has 1 aliphatic rings. The highest BCUT2D eigenvalue weighted by Gasteiger charge is 2.15. The molecule has 0 bridgehead atoms. The zero-order chi connectivity index (χ0) is 14.8. The van der Waals surface area contributed by atoms with Gasteiger partial charge in [-0.2, -0.15) is 0 Å². The number of carbonyl (C=O) groups excluding carboxylic acids is 1. The van der Waals surface area contributed by atoms with E-state index in [4.69, 9.17) is 19.6 Å². The summed E-state index contributed by atoms with van der Waals surface area (Å²) >= 11 is 0. The fourth-order valence-corrected chi connectivity index (χ4v) is 2.04. The molecule has 0 radical (unpaired) electrons. The Kier molecular flexibility index (Phi) is 3.53. The van der Waals surface area contributed by atoms with Gasteiger partial charge < -0.3 is 24.9 Å². The molecule has 2 heterocycles. The first kappa shape index (κ1) is 13.5. The summed E-state index contributed by atoms with van der Waals surface area (Å²) in [7, 11) is 0. The van der Waals surface area contributed by atoms with Gasteiger partial charge in [0.1, 0.15) is 5.76 Å². The van der Waals surface area contributed by atoms with Crippen LogP contribution >= 0.6 is 0 Å². The number of nitrogens with one attached hydrogen (secondary N) is 1. The van der Waals surface area contributed by atoms with E-state index in [1.807, 2.05) is 18.2 Å². The molecular formula is C15H16N2O4. The van der Waals surface area contributed by atoms with Crippen LogP contribution in [0.1, 0.15) is 34.8 Å². The fourth-order valence-electron chi connectivity index (χ4n) is 2.04. The second kappa shape index (κ2) is 5.49. The molecule has 110 valence electrons. The Morgan fingerprint density at radius 2 is 2.10 bits per heavy atom. The quantitative estimate of drug-likeness (QED) is 0.898. The molecule has 3 rings (SSSR count). The van der Waals surface area contributed by atoms with E-state index in [2.05, 4.69) is 5.32 Å². The van der Waals surface area contributed by atoms with E-state index < -0.39 is 0 Å². The molecule has 0 saturated carbocycles. The molecule has 0 fully saturated rings. The van der Waals surface area contributed by atoms with Crippen molar-refractivity contribution in [2.45, 2.75) is 19.5 Å². The number of furan rings is 1. The van der Waals surface area contributed by atoms with Crippen molar-refractivity contribution < 1.29 is 18.7 Å². The number of fused-ring (bicyclic) bond motifs is 1. The van der Waals surface area contributed by atoms with E-state index in [0.29, 0.717) is 18.1 Å². The van der Waals surface area contributed by atoms with Crippen molar-refractivity contribution in [1.82, 2.24) is 5.32 Å². The maximum Gasteiger partial charge on any atom is 0.287 e. The molecule has 6 heteroatoms. The summed E-state index contributed by atoms with van der Waals surface area (Å²) in [5.74, 6) is 1.97. The Balaban J connectivity index is 1.62. The largest absolute Gasteiger partial charge is 0.454 e. The van der Waals surface area contributed by atoms with Gasteiger partial charge in [0.05, 0.1) is 6.04 Å². The van der Waals surface area contributed by atoms with Crippen LogP contribution in [0.4, 0.5) is 0 Å². The third-order valence-corrected chi connectivity index (χ3v) is 3.19. The molecule has 0 spiro atoms. The predicted octanol–water partition coefficient (Wildman–Crippen LogP) is 1.96. The van der Waals surface area contributed by atoms with Gasteiger partial charge >= 0.3 is 0 Å². The second-order valence-corrected chi connectivity index (χ2v) is 4.86. The summed E-state index contributed by atoms with van der Waals surface area (Å²) in [4.78, 5) is 12.0. The number of hydrogen-bond donors (Lipinski definition) is 2. The Hall–Kier alpha value is -2.47. The van der Waals surface area contributed by atoms with Crippen molar-refractivity contribution in [2.24, 2.45) is 5.73 Å². The monoisotopic (exact) mass is 288 g/mol. The Bertz CT molecular complexity index is 663. The van der Waals surface area contributed by atoms with Gasteiger partial charge in [-0.15, -0.1) is 0 Å². The Morgan fingerprint density at radius 1 is 1.29 bits per heavy atom. The second-order valence-electron chi connectivity index (χ2n) is 4.86. The van der Waals surface area contributed by atoms with Crippen molar-refractivity contribution in [2.75, 3.05) is 6.79 Å². The highest BCUT2D eigenvalue weighted by Crippen LogP contribution is 2.32. The maximum absolute atomic E-state index is 12.0. The van der Waals surface area contributed by atoms with E-state index in [9.17, 15) is 4.79 Å². The van der Waals surface area contributed by atoms with Crippen LogP contribution in [-0.2, 0) is 6.54 Å². The lowest BCUT2D eigenvalue weighted by Gasteiger charge is -2.05. The van der Waals surface area contributed by atoms with Gasteiger partial charge in [-0.1, -0.05) is 6.07 Å². The SMILES string of the molecule is CC(N)c1ccc(C(=O)NCc2ccc3c(c2)OCO3)o1. The minimum Gasteiger partial charge on any atom is -0.454 e. The molecule has 0 saturated heterocycles. The van der Waals surface area contributed by atoms with Gasteiger partial charge in [-0.3, -0.25) is 4.79 Å². The predicted molar refractivity (Wildman–Crippen MR) is 75.0 cm³/mol. The van der Waals surface area contributed by atoms with Gasteiger partial charge in [-0.05, 0) is 36.8 Å². The summed E-state index contributed by atoms with van der Waals surface area (Å²) in [5.41, 5.74) is 6.62. The van der Waals surface area contributed by atoms with Crippen LogP contribution in [0, 0.1) is 0 Å². The normalized spacial score (nSPS) is 14.0. The molecule has 3 N–H and O–H groups in total.